The van der Waals surface area contributed by atoms with Crippen LogP contribution < -0.4 is 0 Å². The summed E-state index contributed by atoms with van der Waals surface area (Å²) in [5.74, 6) is 0.645. The number of hydrogen-bond acceptors (Lipinski definition) is 3. The van der Waals surface area contributed by atoms with Gasteiger partial charge in [-0.2, -0.15) is 5.10 Å². The molecule has 0 saturated heterocycles. The Morgan fingerprint density at radius 2 is 1.64 bits per heavy atom. The van der Waals surface area contributed by atoms with Crippen molar-refractivity contribution in [1.82, 2.24) is 19.3 Å². The molecule has 0 saturated carbocycles. The number of para-hydroxylation sites is 1. The van der Waals surface area contributed by atoms with Crippen LogP contribution >= 0.6 is 0 Å². The Hall–Kier alpha value is -3.18. The van der Waals surface area contributed by atoms with Crippen LogP contribution in [0.25, 0.3) is 16.9 Å². The van der Waals surface area contributed by atoms with Gasteiger partial charge in [0.05, 0.1) is 17.9 Å². The molecule has 0 fully saturated rings. The molecule has 124 valence electrons. The minimum Gasteiger partial charge on any atom is -0.388 e. The third kappa shape index (κ3) is 3.09. The predicted molar refractivity (Wildman–Crippen MR) is 96.3 cm³/mol. The van der Waals surface area contributed by atoms with Crippen LogP contribution in [0.2, 0.25) is 0 Å². The molecule has 0 aliphatic rings. The first-order chi connectivity index (χ1) is 12.3. The standard InChI is InChI=1S/C20H18N4O/c25-15-19-21-11-12-23(19)13-17-14-24(18-9-5-2-6-10-18)22-20(17)16-7-3-1-4-8-16/h1-12,14,25H,13,15H2. The lowest BCUT2D eigenvalue weighted by Gasteiger charge is -2.06. The molecule has 1 N–H and O–H groups in total. The van der Waals surface area contributed by atoms with Gasteiger partial charge in [-0.1, -0.05) is 48.5 Å². The molecule has 0 unspecified atom stereocenters. The Labute approximate surface area is 145 Å². The molecule has 5 nitrogen and oxygen atoms in total. The van der Waals surface area contributed by atoms with Crippen LogP contribution in [0.15, 0.2) is 79.3 Å². The molecule has 5 heteroatoms. The summed E-state index contributed by atoms with van der Waals surface area (Å²) in [6.07, 6.45) is 5.62. The van der Waals surface area contributed by atoms with Crippen molar-refractivity contribution in [3.63, 3.8) is 0 Å². The van der Waals surface area contributed by atoms with Gasteiger partial charge < -0.3 is 9.67 Å². The average molecular weight is 330 g/mol. The maximum Gasteiger partial charge on any atom is 0.134 e. The number of imidazole rings is 1. The van der Waals surface area contributed by atoms with E-state index in [9.17, 15) is 5.11 Å². The highest BCUT2D eigenvalue weighted by atomic mass is 16.3. The third-order valence-corrected chi connectivity index (χ3v) is 4.14. The second-order valence-corrected chi connectivity index (χ2v) is 5.78. The van der Waals surface area contributed by atoms with Crippen molar-refractivity contribution in [3.05, 3.63) is 90.6 Å². The number of hydrogen-bond donors (Lipinski definition) is 1. The Balaban J connectivity index is 1.80. The zero-order valence-electron chi connectivity index (χ0n) is 13.7. The smallest absolute Gasteiger partial charge is 0.134 e. The van der Waals surface area contributed by atoms with Crippen molar-refractivity contribution in [2.75, 3.05) is 0 Å². The highest BCUT2D eigenvalue weighted by molar-refractivity contribution is 5.63. The fourth-order valence-corrected chi connectivity index (χ4v) is 2.90. The molecule has 25 heavy (non-hydrogen) atoms. The lowest BCUT2D eigenvalue weighted by Crippen LogP contribution is -2.04. The Morgan fingerprint density at radius 3 is 2.36 bits per heavy atom. The quantitative estimate of drug-likeness (QED) is 0.611. The van der Waals surface area contributed by atoms with Crippen LogP contribution in [0.5, 0.6) is 0 Å². The molecular weight excluding hydrogens is 312 g/mol. The van der Waals surface area contributed by atoms with Gasteiger partial charge in [-0.3, -0.25) is 0 Å². The molecule has 0 aliphatic carbocycles. The summed E-state index contributed by atoms with van der Waals surface area (Å²) >= 11 is 0. The monoisotopic (exact) mass is 330 g/mol. The molecule has 0 radical (unpaired) electrons. The molecule has 0 bridgehead atoms. The van der Waals surface area contributed by atoms with Crippen molar-refractivity contribution in [2.45, 2.75) is 13.2 Å². The summed E-state index contributed by atoms with van der Waals surface area (Å²) in [6, 6.07) is 20.2. The number of aliphatic hydroxyl groups excluding tert-OH is 1. The fraction of sp³-hybridized carbons (Fsp3) is 0.100. The van der Waals surface area contributed by atoms with Gasteiger partial charge in [0, 0.05) is 29.7 Å². The lowest BCUT2D eigenvalue weighted by molar-refractivity contribution is 0.266. The highest BCUT2D eigenvalue weighted by Crippen LogP contribution is 2.24. The van der Waals surface area contributed by atoms with Crippen LogP contribution in [-0.4, -0.2) is 24.4 Å². The summed E-state index contributed by atoms with van der Waals surface area (Å²) in [6.45, 7) is 0.521. The average Bonchev–Trinajstić information content (AvgIpc) is 3.30. The molecular formula is C20H18N4O. The summed E-state index contributed by atoms with van der Waals surface area (Å²) < 4.78 is 3.84. The molecule has 2 aromatic heterocycles. The van der Waals surface area contributed by atoms with Crippen molar-refractivity contribution in [3.8, 4) is 16.9 Å². The van der Waals surface area contributed by atoms with E-state index in [1.807, 2.05) is 70.2 Å². The van der Waals surface area contributed by atoms with Crippen LogP contribution in [0.4, 0.5) is 0 Å². The zero-order chi connectivity index (χ0) is 17.1. The number of benzene rings is 2. The third-order valence-electron chi connectivity index (χ3n) is 4.14. The van der Waals surface area contributed by atoms with Gasteiger partial charge in [0.25, 0.3) is 0 Å². The molecule has 2 aromatic carbocycles. The molecule has 4 aromatic rings. The Kier molecular flexibility index (Phi) is 4.14. The molecule has 0 aliphatic heterocycles. The second-order valence-electron chi connectivity index (χ2n) is 5.78. The largest absolute Gasteiger partial charge is 0.388 e. The molecule has 0 spiro atoms. The maximum absolute atomic E-state index is 9.45. The number of nitrogens with zero attached hydrogens (tertiary/aromatic N) is 4. The van der Waals surface area contributed by atoms with E-state index in [2.05, 4.69) is 17.1 Å². The second kappa shape index (κ2) is 6.75. The van der Waals surface area contributed by atoms with Crippen LogP contribution in [0, 0.1) is 0 Å². The van der Waals surface area contributed by atoms with Gasteiger partial charge in [-0.15, -0.1) is 0 Å². The minimum atomic E-state index is -0.0828. The van der Waals surface area contributed by atoms with E-state index in [1.54, 1.807) is 6.20 Å². The minimum absolute atomic E-state index is 0.0828. The first-order valence-corrected chi connectivity index (χ1v) is 8.15. The number of aromatic nitrogens is 4. The van der Waals surface area contributed by atoms with Crippen LogP contribution in [0.3, 0.4) is 0 Å². The maximum atomic E-state index is 9.45. The summed E-state index contributed by atoms with van der Waals surface area (Å²) in [7, 11) is 0. The Morgan fingerprint density at radius 1 is 0.920 bits per heavy atom. The van der Waals surface area contributed by atoms with E-state index in [0.29, 0.717) is 12.4 Å². The van der Waals surface area contributed by atoms with Gasteiger partial charge in [0.15, 0.2) is 0 Å². The topological polar surface area (TPSA) is 55.9 Å². The normalized spacial score (nSPS) is 10.9. The SMILES string of the molecule is OCc1nccn1Cc1cn(-c2ccccc2)nc1-c1ccccc1. The predicted octanol–water partition coefficient (Wildman–Crippen LogP) is 3.28. The zero-order valence-corrected chi connectivity index (χ0v) is 13.7. The molecule has 4 rings (SSSR count). The van der Waals surface area contributed by atoms with E-state index in [-0.39, 0.29) is 6.61 Å². The van der Waals surface area contributed by atoms with E-state index < -0.39 is 0 Å². The summed E-state index contributed by atoms with van der Waals surface area (Å²) in [5, 5.41) is 14.3. The van der Waals surface area contributed by atoms with Crippen LogP contribution in [0.1, 0.15) is 11.4 Å². The molecule has 2 heterocycles. The van der Waals surface area contributed by atoms with Crippen LogP contribution in [-0.2, 0) is 13.2 Å². The molecule has 0 amide bonds. The fourth-order valence-electron chi connectivity index (χ4n) is 2.90. The lowest BCUT2D eigenvalue weighted by atomic mass is 10.1. The number of rotatable bonds is 5. The first kappa shape index (κ1) is 15.4. The van der Waals surface area contributed by atoms with Crippen molar-refractivity contribution >= 4 is 0 Å². The molecule has 0 atom stereocenters. The first-order valence-electron chi connectivity index (χ1n) is 8.15. The van der Waals surface area contributed by atoms with Gasteiger partial charge in [-0.25, -0.2) is 9.67 Å². The van der Waals surface area contributed by atoms with E-state index in [1.165, 1.54) is 0 Å². The van der Waals surface area contributed by atoms with E-state index in [4.69, 9.17) is 5.10 Å². The van der Waals surface area contributed by atoms with E-state index in [0.717, 1.165) is 22.5 Å². The summed E-state index contributed by atoms with van der Waals surface area (Å²) in [5.41, 5.74) is 4.08. The van der Waals surface area contributed by atoms with Gasteiger partial charge in [-0.05, 0) is 12.1 Å². The Bertz CT molecular complexity index is 958. The number of aliphatic hydroxyl groups is 1. The van der Waals surface area contributed by atoms with Crippen molar-refractivity contribution in [2.24, 2.45) is 0 Å². The summed E-state index contributed by atoms with van der Waals surface area (Å²) in [4.78, 5) is 4.18. The van der Waals surface area contributed by atoms with Gasteiger partial charge in [0.1, 0.15) is 12.4 Å². The van der Waals surface area contributed by atoms with Gasteiger partial charge >= 0.3 is 0 Å². The van der Waals surface area contributed by atoms with Crippen molar-refractivity contribution in [1.29, 1.82) is 0 Å². The van der Waals surface area contributed by atoms with Crippen molar-refractivity contribution < 1.29 is 5.11 Å². The highest BCUT2D eigenvalue weighted by Gasteiger charge is 2.14. The van der Waals surface area contributed by atoms with Gasteiger partial charge in [0.2, 0.25) is 0 Å². The van der Waals surface area contributed by atoms with E-state index >= 15 is 0 Å².